The van der Waals surface area contributed by atoms with Gasteiger partial charge in [0.15, 0.2) is 5.13 Å². The van der Waals surface area contributed by atoms with Crippen LogP contribution in [0.15, 0.2) is 42.6 Å². The molecule has 14 nitrogen and oxygen atoms in total. The SMILES string of the molecule is Cc1nc(Nc2ncc(C(=O)Nc3c(C)cccc3Cl)s2)cc(N2CCN(Cc3cc4c(cc3F)C(=O)N(C3CCC(=O)NC3=O)C4=O)CC2)n1. The van der Waals surface area contributed by atoms with Crippen LogP contribution in [-0.4, -0.2) is 86.5 Å². The minimum atomic E-state index is -1.12. The van der Waals surface area contributed by atoms with Gasteiger partial charge in [-0.25, -0.2) is 19.3 Å². The highest BCUT2D eigenvalue weighted by Crippen LogP contribution is 2.31. The molecular weight excluding hydrogens is 701 g/mol. The van der Waals surface area contributed by atoms with E-state index in [2.05, 4.69) is 35.8 Å². The first kappa shape index (κ1) is 34.1. The molecule has 7 rings (SSSR count). The van der Waals surface area contributed by atoms with Gasteiger partial charge in [-0.15, -0.1) is 0 Å². The van der Waals surface area contributed by atoms with Crippen molar-refractivity contribution in [1.29, 1.82) is 0 Å². The van der Waals surface area contributed by atoms with Crippen LogP contribution in [0.1, 0.15) is 60.2 Å². The molecular formula is C34H31ClFN9O5S. The number of carbonyl (C=O) groups is 5. The average Bonchev–Trinajstić information content (AvgIpc) is 3.65. The summed E-state index contributed by atoms with van der Waals surface area (Å²) in [4.78, 5) is 81.9. The van der Waals surface area contributed by atoms with Gasteiger partial charge in [-0.3, -0.25) is 39.1 Å². The Morgan fingerprint density at radius 1 is 1.04 bits per heavy atom. The van der Waals surface area contributed by atoms with Crippen LogP contribution in [0.5, 0.6) is 0 Å². The number of hydrogen-bond donors (Lipinski definition) is 3. The van der Waals surface area contributed by atoms with Crippen LogP contribution in [0, 0.1) is 19.7 Å². The van der Waals surface area contributed by atoms with Gasteiger partial charge in [0.05, 0.1) is 28.0 Å². The normalized spacial score (nSPS) is 17.8. The highest BCUT2D eigenvalue weighted by molar-refractivity contribution is 7.17. The second-order valence-electron chi connectivity index (χ2n) is 12.4. The van der Waals surface area contributed by atoms with E-state index in [1.807, 2.05) is 24.0 Å². The number of thiazole rings is 1. The molecule has 51 heavy (non-hydrogen) atoms. The lowest BCUT2D eigenvalue weighted by Crippen LogP contribution is -2.54. The number of nitrogens with one attached hydrogen (secondary N) is 3. The number of hydrogen-bond acceptors (Lipinski definition) is 12. The quantitative estimate of drug-likeness (QED) is 0.224. The van der Waals surface area contributed by atoms with E-state index in [0.29, 0.717) is 64.4 Å². The number of fused-ring (bicyclic) bond motifs is 1. The number of imide groups is 2. The Kier molecular flexibility index (Phi) is 9.22. The third-order valence-electron chi connectivity index (χ3n) is 8.95. The Morgan fingerprint density at radius 2 is 1.78 bits per heavy atom. The molecule has 1 unspecified atom stereocenters. The summed E-state index contributed by atoms with van der Waals surface area (Å²) in [5.74, 6) is -1.83. The zero-order valence-electron chi connectivity index (χ0n) is 27.5. The molecule has 5 heterocycles. The molecule has 2 aromatic carbocycles. The van der Waals surface area contributed by atoms with Crippen LogP contribution in [0.3, 0.4) is 0 Å². The maximum atomic E-state index is 15.3. The van der Waals surface area contributed by atoms with Crippen LogP contribution in [0.25, 0.3) is 0 Å². The summed E-state index contributed by atoms with van der Waals surface area (Å²) in [6, 6.07) is 8.51. The molecule has 0 radical (unpaired) electrons. The maximum absolute atomic E-state index is 15.3. The molecule has 3 aliphatic rings. The van der Waals surface area contributed by atoms with Crippen molar-refractivity contribution >= 4 is 74.9 Å². The van der Waals surface area contributed by atoms with E-state index in [9.17, 15) is 24.0 Å². The Bertz CT molecular complexity index is 2100. The van der Waals surface area contributed by atoms with E-state index in [1.165, 1.54) is 23.6 Å². The van der Waals surface area contributed by atoms with Crippen molar-refractivity contribution in [3.63, 3.8) is 0 Å². The molecule has 1 atom stereocenters. The molecule has 2 aromatic heterocycles. The van der Waals surface area contributed by atoms with Crippen molar-refractivity contribution < 1.29 is 28.4 Å². The number of para-hydroxylation sites is 1. The molecule has 0 bridgehead atoms. The van der Waals surface area contributed by atoms with Gasteiger partial charge in [-0.2, -0.15) is 0 Å². The van der Waals surface area contributed by atoms with Gasteiger partial charge < -0.3 is 15.5 Å². The second kappa shape index (κ2) is 13.8. The van der Waals surface area contributed by atoms with Crippen molar-refractivity contribution in [3.8, 4) is 0 Å². The lowest BCUT2D eigenvalue weighted by molar-refractivity contribution is -0.136. The number of carbonyl (C=O) groups excluding carboxylic acids is 5. The van der Waals surface area contributed by atoms with Gasteiger partial charge >= 0.3 is 0 Å². The van der Waals surface area contributed by atoms with Gasteiger partial charge in [0.25, 0.3) is 17.7 Å². The Hall–Kier alpha value is -5.32. The third kappa shape index (κ3) is 6.89. The molecule has 5 amide bonds. The maximum Gasteiger partial charge on any atom is 0.267 e. The predicted molar refractivity (Wildman–Crippen MR) is 187 cm³/mol. The minimum absolute atomic E-state index is 0.000292. The van der Waals surface area contributed by atoms with E-state index >= 15 is 4.39 Å². The van der Waals surface area contributed by atoms with Crippen molar-refractivity contribution in [2.24, 2.45) is 0 Å². The van der Waals surface area contributed by atoms with Gasteiger partial charge in [-0.1, -0.05) is 35.1 Å². The van der Waals surface area contributed by atoms with Gasteiger partial charge in [0, 0.05) is 50.8 Å². The number of amides is 5. The molecule has 2 fully saturated rings. The molecule has 3 N–H and O–H groups in total. The summed E-state index contributed by atoms with van der Waals surface area (Å²) in [6.45, 7) is 6.12. The summed E-state index contributed by atoms with van der Waals surface area (Å²) in [6.07, 6.45) is 1.50. The van der Waals surface area contributed by atoms with E-state index in [1.54, 1.807) is 19.1 Å². The fourth-order valence-corrected chi connectivity index (χ4v) is 7.31. The smallest absolute Gasteiger partial charge is 0.267 e. The summed E-state index contributed by atoms with van der Waals surface area (Å²) in [5.41, 5.74) is 1.60. The molecule has 0 saturated carbocycles. The standard InChI is InChI=1S/C34H31ClFN9O5S/c1-17-4-3-5-22(35)29(17)42-31(48)25-15-37-34(51-25)40-26-14-27(39-18(2)38-26)44-10-8-43(9-11-44)16-19-12-20-21(13-23(19)36)33(50)45(32(20)49)24-6-7-28(46)41-30(24)47/h3-5,12-15,24H,6-11,16H2,1-2H3,(H,42,48)(H,41,46,47)(H,37,38,39,40). The van der Waals surface area contributed by atoms with Crippen LogP contribution >= 0.6 is 22.9 Å². The third-order valence-corrected chi connectivity index (χ3v) is 10.2. The summed E-state index contributed by atoms with van der Waals surface area (Å²) in [7, 11) is 0. The zero-order valence-corrected chi connectivity index (χ0v) is 29.0. The molecule has 4 aromatic rings. The molecule has 0 spiro atoms. The first-order chi connectivity index (χ1) is 24.4. The minimum Gasteiger partial charge on any atom is -0.354 e. The van der Waals surface area contributed by atoms with E-state index in [-0.39, 0.29) is 42.0 Å². The zero-order chi connectivity index (χ0) is 36.0. The number of anilines is 4. The van der Waals surface area contributed by atoms with Gasteiger partial charge in [-0.05, 0) is 44.0 Å². The number of rotatable bonds is 8. The first-order valence-electron chi connectivity index (χ1n) is 16.1. The van der Waals surface area contributed by atoms with Gasteiger partial charge in [0.1, 0.15) is 34.2 Å². The van der Waals surface area contributed by atoms with Crippen LogP contribution in [-0.2, 0) is 16.1 Å². The second-order valence-corrected chi connectivity index (χ2v) is 13.8. The highest BCUT2D eigenvalue weighted by Gasteiger charge is 2.45. The molecule has 2 saturated heterocycles. The lowest BCUT2D eigenvalue weighted by atomic mass is 10.0. The molecule has 0 aliphatic carbocycles. The van der Waals surface area contributed by atoms with Crippen molar-refractivity contribution in [1.82, 2.24) is 30.1 Å². The van der Waals surface area contributed by atoms with Gasteiger partial charge in [0.2, 0.25) is 11.8 Å². The number of piperidine rings is 1. The van der Waals surface area contributed by atoms with Crippen molar-refractivity contribution in [2.75, 3.05) is 41.7 Å². The number of halogens is 2. The Morgan fingerprint density at radius 3 is 2.51 bits per heavy atom. The predicted octanol–water partition coefficient (Wildman–Crippen LogP) is 4.06. The lowest BCUT2D eigenvalue weighted by Gasteiger charge is -2.35. The summed E-state index contributed by atoms with van der Waals surface area (Å²) < 4.78 is 15.3. The largest absolute Gasteiger partial charge is 0.354 e. The van der Waals surface area contributed by atoms with E-state index in [4.69, 9.17) is 11.6 Å². The summed E-state index contributed by atoms with van der Waals surface area (Å²) >= 11 is 7.43. The van der Waals surface area contributed by atoms with Crippen LogP contribution in [0.2, 0.25) is 5.02 Å². The fourth-order valence-electron chi connectivity index (χ4n) is 6.32. The first-order valence-corrected chi connectivity index (χ1v) is 17.3. The van der Waals surface area contributed by atoms with Crippen LogP contribution < -0.4 is 20.9 Å². The number of aryl methyl sites for hydroxylation is 2. The molecule has 262 valence electrons. The number of piperazine rings is 1. The highest BCUT2D eigenvalue weighted by atomic mass is 35.5. The summed E-state index contributed by atoms with van der Waals surface area (Å²) in [5, 5.41) is 9.09. The number of aromatic nitrogens is 3. The van der Waals surface area contributed by atoms with Crippen molar-refractivity contribution in [2.45, 2.75) is 39.3 Å². The van der Waals surface area contributed by atoms with Crippen LogP contribution in [0.4, 0.5) is 26.8 Å². The number of benzene rings is 2. The van der Waals surface area contributed by atoms with Crippen molar-refractivity contribution in [3.05, 3.63) is 86.4 Å². The van der Waals surface area contributed by atoms with E-state index in [0.717, 1.165) is 16.5 Å². The monoisotopic (exact) mass is 731 g/mol. The Labute approximate surface area is 300 Å². The van der Waals surface area contributed by atoms with E-state index < -0.39 is 35.5 Å². The fraction of sp³-hybridized carbons (Fsp3) is 0.294. The molecule has 17 heteroatoms. The Balaban J connectivity index is 0.976. The number of nitrogens with zero attached hydrogens (tertiary/aromatic N) is 6. The molecule has 3 aliphatic heterocycles. The topological polar surface area (TPSA) is 170 Å². The average molecular weight is 732 g/mol.